The number of nitrogens with zero attached hydrogens (tertiary/aromatic N) is 2. The number of fused-ring (bicyclic) bond motifs is 3. The number of hydrogen-bond donors (Lipinski definition) is 1. The van der Waals surface area contributed by atoms with Crippen molar-refractivity contribution in [1.29, 1.82) is 0 Å². The van der Waals surface area contributed by atoms with Gasteiger partial charge in [0.15, 0.2) is 5.78 Å². The van der Waals surface area contributed by atoms with Gasteiger partial charge in [-0.1, -0.05) is 11.8 Å². The number of thioether (sulfide) groups is 1. The summed E-state index contributed by atoms with van der Waals surface area (Å²) in [5.74, 6) is 3.38. The van der Waals surface area contributed by atoms with Crippen LogP contribution in [0.1, 0.15) is 39.1 Å². The van der Waals surface area contributed by atoms with Crippen LogP contribution in [0.2, 0.25) is 0 Å². The Hall–Kier alpha value is -1.96. The number of ether oxygens (including phenoxy) is 1. The second kappa shape index (κ2) is 7.70. The molecule has 3 heterocycles. The molecule has 0 radical (unpaired) electrons. The predicted octanol–water partition coefficient (Wildman–Crippen LogP) is 4.45. The molecule has 1 aliphatic heterocycles. The van der Waals surface area contributed by atoms with Gasteiger partial charge in [0.25, 0.3) is 0 Å². The topological polar surface area (TPSA) is 64.1 Å². The lowest BCUT2D eigenvalue weighted by molar-refractivity contribution is 0.102. The van der Waals surface area contributed by atoms with E-state index in [4.69, 9.17) is 4.74 Å². The summed E-state index contributed by atoms with van der Waals surface area (Å²) in [5, 5.41) is 5.32. The molecule has 2 aromatic heterocycles. The van der Waals surface area contributed by atoms with E-state index in [0.717, 1.165) is 39.0 Å². The van der Waals surface area contributed by atoms with Gasteiger partial charge in [0.05, 0.1) is 23.3 Å². The van der Waals surface area contributed by atoms with Crippen LogP contribution in [0.15, 0.2) is 35.4 Å². The number of benzene rings is 1. The number of Topliss-reactive ketones (excluding diaryl/α,β-unsaturated/α-hetero) is 1. The molecule has 7 heteroatoms. The van der Waals surface area contributed by atoms with Crippen LogP contribution in [-0.2, 0) is 0 Å². The standard InChI is InChI=1S/C22H23N3O2S2/c1-12-24-18-4-3-15(27-2)9-17(18)22(25-12)28-11-19(26)21-6-5-20(29-21)16-8-14-7-13(16)10-23-14/h3-6,9,13-14,16,23H,7-8,10-11H2,1-2H3. The fraction of sp³-hybridized carbons (Fsp3) is 0.409. The Bertz CT molecular complexity index is 1080. The van der Waals surface area contributed by atoms with Gasteiger partial charge in [-0.15, -0.1) is 11.3 Å². The number of nitrogens with one attached hydrogen (secondary N) is 1. The number of thiophene rings is 1. The maximum atomic E-state index is 12.9. The first-order valence-corrected chi connectivity index (χ1v) is 11.7. The number of methoxy groups -OCH3 is 1. The van der Waals surface area contributed by atoms with E-state index in [1.165, 1.54) is 29.5 Å². The molecule has 1 saturated heterocycles. The molecule has 0 amide bonds. The molecule has 1 N–H and O–H groups in total. The molecule has 3 aromatic rings. The molecule has 1 aromatic carbocycles. The maximum Gasteiger partial charge on any atom is 0.183 e. The van der Waals surface area contributed by atoms with Gasteiger partial charge in [-0.25, -0.2) is 9.97 Å². The lowest BCUT2D eigenvalue weighted by atomic mass is 9.94. The van der Waals surface area contributed by atoms with E-state index in [9.17, 15) is 4.79 Å². The smallest absolute Gasteiger partial charge is 0.183 e. The van der Waals surface area contributed by atoms with Crippen molar-refractivity contribution in [2.45, 2.75) is 36.8 Å². The number of aromatic nitrogens is 2. The Morgan fingerprint density at radius 2 is 2.17 bits per heavy atom. The zero-order valence-electron chi connectivity index (χ0n) is 16.5. The Kier molecular flexibility index (Phi) is 5.05. The number of carbonyl (C=O) groups excluding carboxylic acids is 1. The average Bonchev–Trinajstić information content (AvgIpc) is 3.48. The van der Waals surface area contributed by atoms with Crippen LogP contribution in [-0.4, -0.2) is 41.2 Å². The highest BCUT2D eigenvalue weighted by atomic mass is 32.2. The number of ketones is 1. The van der Waals surface area contributed by atoms with Crippen LogP contribution in [0, 0.1) is 12.8 Å². The van der Waals surface area contributed by atoms with Crippen LogP contribution in [0.5, 0.6) is 5.75 Å². The van der Waals surface area contributed by atoms with Gasteiger partial charge in [0, 0.05) is 16.3 Å². The van der Waals surface area contributed by atoms with Crippen molar-refractivity contribution >= 4 is 39.8 Å². The molecule has 1 saturated carbocycles. The molecular formula is C22H23N3O2S2. The van der Waals surface area contributed by atoms with Crippen molar-refractivity contribution in [1.82, 2.24) is 15.3 Å². The summed E-state index contributed by atoms with van der Waals surface area (Å²) in [6, 6.07) is 10.6. The minimum absolute atomic E-state index is 0.167. The lowest BCUT2D eigenvalue weighted by Crippen LogP contribution is -2.28. The number of piperidine rings is 1. The van der Waals surface area contributed by atoms with E-state index in [1.807, 2.05) is 31.2 Å². The van der Waals surface area contributed by atoms with E-state index >= 15 is 0 Å². The third-order valence-corrected chi connectivity index (χ3v) is 8.20. The number of aryl methyl sites for hydroxylation is 1. The molecule has 0 spiro atoms. The van der Waals surface area contributed by atoms with Crippen LogP contribution < -0.4 is 10.1 Å². The van der Waals surface area contributed by atoms with Crippen LogP contribution in [0.4, 0.5) is 0 Å². The van der Waals surface area contributed by atoms with E-state index < -0.39 is 0 Å². The van der Waals surface area contributed by atoms with E-state index in [-0.39, 0.29) is 5.78 Å². The summed E-state index contributed by atoms with van der Waals surface area (Å²) < 4.78 is 5.34. The van der Waals surface area contributed by atoms with E-state index in [0.29, 0.717) is 23.5 Å². The first-order valence-electron chi connectivity index (χ1n) is 9.92. The predicted molar refractivity (Wildman–Crippen MR) is 117 cm³/mol. The second-order valence-electron chi connectivity index (χ2n) is 7.82. The van der Waals surface area contributed by atoms with Crippen molar-refractivity contribution in [2.75, 3.05) is 19.4 Å². The molecule has 2 fully saturated rings. The van der Waals surface area contributed by atoms with Gasteiger partial charge in [0.2, 0.25) is 0 Å². The highest BCUT2D eigenvalue weighted by Gasteiger charge is 2.40. The monoisotopic (exact) mass is 425 g/mol. The van der Waals surface area contributed by atoms with Gasteiger partial charge >= 0.3 is 0 Å². The zero-order chi connectivity index (χ0) is 20.0. The Balaban J connectivity index is 1.32. The molecule has 2 bridgehead atoms. The summed E-state index contributed by atoms with van der Waals surface area (Å²) in [5.41, 5.74) is 0.872. The SMILES string of the molecule is COc1ccc2nc(C)nc(SCC(=O)c3ccc(C4CC5CC4CN5)s3)c2c1. The zero-order valence-corrected chi connectivity index (χ0v) is 18.1. The summed E-state index contributed by atoms with van der Waals surface area (Å²) in [6.45, 7) is 3.00. The molecule has 150 valence electrons. The number of rotatable bonds is 6. The van der Waals surface area contributed by atoms with Gasteiger partial charge in [-0.3, -0.25) is 4.79 Å². The van der Waals surface area contributed by atoms with Gasteiger partial charge in [-0.2, -0.15) is 0 Å². The Labute approximate surface area is 178 Å². The fourth-order valence-corrected chi connectivity index (χ4v) is 6.70. The molecule has 29 heavy (non-hydrogen) atoms. The summed E-state index contributed by atoms with van der Waals surface area (Å²) in [4.78, 5) is 24.2. The Morgan fingerprint density at radius 1 is 1.28 bits per heavy atom. The van der Waals surface area contributed by atoms with E-state index in [2.05, 4.69) is 21.4 Å². The lowest BCUT2D eigenvalue weighted by Gasteiger charge is -2.20. The number of hydrogen-bond acceptors (Lipinski definition) is 7. The Morgan fingerprint density at radius 3 is 2.93 bits per heavy atom. The normalized spacial score (nSPS) is 23.0. The quantitative estimate of drug-likeness (QED) is 0.358. The summed E-state index contributed by atoms with van der Waals surface area (Å²) in [7, 11) is 1.65. The second-order valence-corrected chi connectivity index (χ2v) is 9.90. The minimum atomic E-state index is 0.167. The molecule has 5 rings (SSSR count). The minimum Gasteiger partial charge on any atom is -0.497 e. The maximum absolute atomic E-state index is 12.9. The van der Waals surface area contributed by atoms with Crippen molar-refractivity contribution < 1.29 is 9.53 Å². The largest absolute Gasteiger partial charge is 0.497 e. The van der Waals surface area contributed by atoms with Gasteiger partial charge < -0.3 is 10.1 Å². The highest BCUT2D eigenvalue weighted by Crippen LogP contribution is 2.45. The van der Waals surface area contributed by atoms with Crippen LogP contribution >= 0.6 is 23.1 Å². The van der Waals surface area contributed by atoms with Gasteiger partial charge in [0.1, 0.15) is 16.6 Å². The first-order chi connectivity index (χ1) is 14.1. The highest BCUT2D eigenvalue weighted by molar-refractivity contribution is 8.00. The van der Waals surface area contributed by atoms with E-state index in [1.54, 1.807) is 18.4 Å². The van der Waals surface area contributed by atoms with Crippen molar-refractivity contribution in [2.24, 2.45) is 5.92 Å². The molecule has 5 nitrogen and oxygen atoms in total. The van der Waals surface area contributed by atoms with Crippen LogP contribution in [0.25, 0.3) is 10.9 Å². The molecular weight excluding hydrogens is 402 g/mol. The average molecular weight is 426 g/mol. The van der Waals surface area contributed by atoms with Crippen molar-refractivity contribution in [3.63, 3.8) is 0 Å². The third-order valence-electron chi connectivity index (χ3n) is 5.95. The fourth-order valence-electron chi connectivity index (χ4n) is 4.52. The van der Waals surface area contributed by atoms with Crippen molar-refractivity contribution in [3.05, 3.63) is 45.9 Å². The summed E-state index contributed by atoms with van der Waals surface area (Å²) in [6.07, 6.45) is 2.49. The third kappa shape index (κ3) is 3.67. The van der Waals surface area contributed by atoms with Crippen molar-refractivity contribution in [3.8, 4) is 5.75 Å². The molecule has 3 unspecified atom stereocenters. The molecule has 1 aliphatic carbocycles. The van der Waals surface area contributed by atoms with Gasteiger partial charge in [-0.05, 0) is 68.5 Å². The summed E-state index contributed by atoms with van der Waals surface area (Å²) >= 11 is 3.16. The first kappa shape index (κ1) is 19.0. The molecule has 2 aliphatic rings. The molecule has 3 atom stereocenters. The van der Waals surface area contributed by atoms with Crippen LogP contribution in [0.3, 0.4) is 0 Å². The number of carbonyl (C=O) groups is 1.